The Labute approximate surface area is 76.8 Å². The van der Waals surface area contributed by atoms with Gasteiger partial charge in [0.15, 0.2) is 0 Å². The van der Waals surface area contributed by atoms with Gasteiger partial charge in [0.25, 0.3) is 6.47 Å². The number of allylic oxidation sites excluding steroid dienone is 2. The molecule has 0 amide bonds. The van der Waals surface area contributed by atoms with Gasteiger partial charge in [-0.2, -0.15) is 0 Å². The minimum Gasteiger partial charge on any atom is -0.433 e. The smallest absolute Gasteiger partial charge is 0.298 e. The van der Waals surface area contributed by atoms with Gasteiger partial charge >= 0.3 is 0 Å². The zero-order chi connectivity index (χ0) is 9.26. The normalized spacial score (nSPS) is 14.2. The van der Waals surface area contributed by atoms with Gasteiger partial charge in [-0.15, -0.1) is 0 Å². The standard InChI is InChI=1S/C11H10O2/c1-8-10-5-3-2-4-9(10)6-11(8)13-7-12/h2-5,7H,6H2,1H3. The molecule has 1 aliphatic carbocycles. The van der Waals surface area contributed by atoms with Crippen LogP contribution in [0, 0.1) is 0 Å². The van der Waals surface area contributed by atoms with Crippen molar-refractivity contribution in [2.24, 2.45) is 0 Å². The van der Waals surface area contributed by atoms with E-state index in [0.717, 1.165) is 17.8 Å². The first-order valence-electron chi connectivity index (χ1n) is 4.21. The van der Waals surface area contributed by atoms with Crippen LogP contribution >= 0.6 is 0 Å². The molecule has 2 rings (SSSR count). The molecule has 0 N–H and O–H groups in total. The lowest BCUT2D eigenvalue weighted by atomic mass is 10.1. The van der Waals surface area contributed by atoms with Gasteiger partial charge in [0.2, 0.25) is 0 Å². The Bertz CT molecular complexity index is 377. The first kappa shape index (κ1) is 8.05. The van der Waals surface area contributed by atoms with Crippen LogP contribution < -0.4 is 0 Å². The van der Waals surface area contributed by atoms with E-state index in [1.54, 1.807) is 0 Å². The van der Waals surface area contributed by atoms with Crippen molar-refractivity contribution in [3.8, 4) is 0 Å². The highest BCUT2D eigenvalue weighted by atomic mass is 16.5. The summed E-state index contributed by atoms with van der Waals surface area (Å²) in [6.45, 7) is 2.47. The Balaban J connectivity index is 2.41. The summed E-state index contributed by atoms with van der Waals surface area (Å²) in [5, 5.41) is 0. The fraction of sp³-hybridized carbons (Fsp3) is 0.182. The molecule has 0 spiro atoms. The second-order valence-corrected chi connectivity index (χ2v) is 3.10. The fourth-order valence-electron chi connectivity index (χ4n) is 1.68. The molecule has 0 saturated heterocycles. The summed E-state index contributed by atoms with van der Waals surface area (Å²) >= 11 is 0. The Morgan fingerprint density at radius 3 is 2.85 bits per heavy atom. The van der Waals surface area contributed by atoms with E-state index in [1.165, 1.54) is 11.1 Å². The van der Waals surface area contributed by atoms with Crippen LogP contribution in [0.1, 0.15) is 18.1 Å². The molecular formula is C11H10O2. The first-order valence-corrected chi connectivity index (χ1v) is 4.21. The van der Waals surface area contributed by atoms with Crippen molar-refractivity contribution in [3.63, 3.8) is 0 Å². The van der Waals surface area contributed by atoms with Crippen molar-refractivity contribution >= 4 is 12.0 Å². The van der Waals surface area contributed by atoms with Crippen molar-refractivity contribution < 1.29 is 9.53 Å². The molecule has 0 heterocycles. The highest BCUT2D eigenvalue weighted by Crippen LogP contribution is 2.32. The van der Waals surface area contributed by atoms with E-state index >= 15 is 0 Å². The van der Waals surface area contributed by atoms with Crippen LogP contribution in [-0.2, 0) is 16.0 Å². The average molecular weight is 174 g/mol. The summed E-state index contributed by atoms with van der Waals surface area (Å²) in [4.78, 5) is 10.2. The molecule has 1 aromatic carbocycles. The van der Waals surface area contributed by atoms with Gasteiger partial charge in [-0.3, -0.25) is 4.79 Å². The van der Waals surface area contributed by atoms with Gasteiger partial charge in [0, 0.05) is 6.42 Å². The molecule has 13 heavy (non-hydrogen) atoms. The number of fused-ring (bicyclic) bond motifs is 1. The predicted octanol–water partition coefficient (Wildman–Crippen LogP) is 2.15. The molecule has 1 aromatic rings. The minimum absolute atomic E-state index is 0.491. The molecule has 0 saturated carbocycles. The lowest BCUT2D eigenvalue weighted by Gasteiger charge is -1.98. The number of ether oxygens (including phenoxy) is 1. The molecule has 0 atom stereocenters. The number of carbonyl (C=O) groups excluding carboxylic acids is 1. The van der Waals surface area contributed by atoms with E-state index in [1.807, 2.05) is 25.1 Å². The van der Waals surface area contributed by atoms with Crippen LogP contribution in [0.2, 0.25) is 0 Å². The maximum absolute atomic E-state index is 10.2. The van der Waals surface area contributed by atoms with Crippen LogP contribution in [0.15, 0.2) is 30.0 Å². The monoisotopic (exact) mass is 174 g/mol. The third kappa shape index (κ3) is 1.24. The van der Waals surface area contributed by atoms with Crippen molar-refractivity contribution in [1.82, 2.24) is 0 Å². The van der Waals surface area contributed by atoms with E-state index in [4.69, 9.17) is 4.74 Å². The highest BCUT2D eigenvalue weighted by Gasteiger charge is 2.18. The lowest BCUT2D eigenvalue weighted by Crippen LogP contribution is -1.89. The number of benzene rings is 1. The van der Waals surface area contributed by atoms with Crippen LogP contribution in [0.25, 0.3) is 5.57 Å². The maximum atomic E-state index is 10.2. The molecule has 1 aliphatic rings. The summed E-state index contributed by atoms with van der Waals surface area (Å²) in [5.41, 5.74) is 3.50. The Kier molecular flexibility index (Phi) is 1.89. The van der Waals surface area contributed by atoms with E-state index in [2.05, 4.69) is 6.07 Å². The topological polar surface area (TPSA) is 26.3 Å². The second kappa shape index (κ2) is 3.05. The molecule has 0 fully saturated rings. The fourth-order valence-corrected chi connectivity index (χ4v) is 1.68. The van der Waals surface area contributed by atoms with Gasteiger partial charge in [-0.1, -0.05) is 24.3 Å². The summed E-state index contributed by atoms with van der Waals surface area (Å²) in [5.74, 6) is 0.774. The van der Waals surface area contributed by atoms with Crippen molar-refractivity contribution in [1.29, 1.82) is 0 Å². The largest absolute Gasteiger partial charge is 0.433 e. The molecule has 0 unspecified atom stereocenters. The van der Waals surface area contributed by atoms with E-state index < -0.39 is 0 Å². The number of rotatable bonds is 2. The van der Waals surface area contributed by atoms with Crippen LogP contribution in [0.4, 0.5) is 0 Å². The number of carbonyl (C=O) groups is 1. The Morgan fingerprint density at radius 1 is 1.38 bits per heavy atom. The van der Waals surface area contributed by atoms with Gasteiger partial charge < -0.3 is 4.74 Å². The van der Waals surface area contributed by atoms with Crippen LogP contribution in [-0.4, -0.2) is 6.47 Å². The lowest BCUT2D eigenvalue weighted by molar-refractivity contribution is -0.125. The quantitative estimate of drug-likeness (QED) is 0.642. The summed E-state index contributed by atoms with van der Waals surface area (Å²) in [6, 6.07) is 8.09. The van der Waals surface area contributed by atoms with Gasteiger partial charge in [-0.25, -0.2) is 0 Å². The van der Waals surface area contributed by atoms with Gasteiger partial charge in [-0.05, 0) is 23.6 Å². The number of hydrogen-bond donors (Lipinski definition) is 0. The van der Waals surface area contributed by atoms with E-state index in [9.17, 15) is 4.79 Å². The zero-order valence-electron chi connectivity index (χ0n) is 7.41. The third-order valence-electron chi connectivity index (χ3n) is 2.38. The van der Waals surface area contributed by atoms with Crippen molar-refractivity contribution in [2.45, 2.75) is 13.3 Å². The zero-order valence-corrected chi connectivity index (χ0v) is 7.41. The van der Waals surface area contributed by atoms with E-state index in [0.29, 0.717) is 6.47 Å². The van der Waals surface area contributed by atoms with Gasteiger partial charge in [0.1, 0.15) is 5.76 Å². The predicted molar refractivity (Wildman–Crippen MR) is 49.9 cm³/mol. The molecule has 2 heteroatoms. The molecule has 0 radical (unpaired) electrons. The minimum atomic E-state index is 0.491. The highest BCUT2D eigenvalue weighted by molar-refractivity contribution is 5.74. The van der Waals surface area contributed by atoms with Gasteiger partial charge in [0.05, 0.1) is 0 Å². The molecule has 0 aromatic heterocycles. The van der Waals surface area contributed by atoms with Crippen molar-refractivity contribution in [3.05, 3.63) is 41.2 Å². The first-order chi connectivity index (χ1) is 6.33. The van der Waals surface area contributed by atoms with Crippen LogP contribution in [0.5, 0.6) is 0 Å². The summed E-state index contributed by atoms with van der Waals surface area (Å²) in [6.07, 6.45) is 0.737. The van der Waals surface area contributed by atoms with E-state index in [-0.39, 0.29) is 0 Å². The number of hydrogen-bond acceptors (Lipinski definition) is 2. The summed E-state index contributed by atoms with van der Waals surface area (Å²) in [7, 11) is 0. The molecule has 2 nitrogen and oxygen atoms in total. The molecular weight excluding hydrogens is 164 g/mol. The molecule has 0 aliphatic heterocycles. The second-order valence-electron chi connectivity index (χ2n) is 3.10. The average Bonchev–Trinajstić information content (AvgIpc) is 2.46. The molecule has 66 valence electrons. The third-order valence-corrected chi connectivity index (χ3v) is 2.38. The Morgan fingerprint density at radius 2 is 2.15 bits per heavy atom. The Hall–Kier alpha value is -1.57. The van der Waals surface area contributed by atoms with Crippen LogP contribution in [0.3, 0.4) is 0 Å². The summed E-state index contributed by atoms with van der Waals surface area (Å²) < 4.78 is 4.90. The SMILES string of the molecule is CC1=C(OC=O)Cc2ccccc21. The molecule has 0 bridgehead atoms. The van der Waals surface area contributed by atoms with Crippen molar-refractivity contribution in [2.75, 3.05) is 0 Å². The maximum Gasteiger partial charge on any atom is 0.298 e.